The Bertz CT molecular complexity index is 221. The van der Waals surface area contributed by atoms with Crippen LogP contribution in [0.4, 0.5) is 0 Å². The van der Waals surface area contributed by atoms with Gasteiger partial charge in [-0.15, -0.1) is 0 Å². The molecule has 0 spiro atoms. The maximum Gasteiger partial charge on any atom is 0.0893 e. The Morgan fingerprint density at radius 3 is 1.43 bits per heavy atom. The molecule has 2 heteroatoms. The Hall–Kier alpha value is -1.44. The second-order valence-corrected chi connectivity index (χ2v) is 3.16. The summed E-state index contributed by atoms with van der Waals surface area (Å²) in [5.41, 5.74) is 2.67. The van der Waals surface area contributed by atoms with Crippen molar-refractivity contribution in [2.45, 2.75) is 25.7 Å². The molecule has 0 aliphatic heterocycles. The third kappa shape index (κ3) is 3.52. The molecule has 0 radical (unpaired) electrons. The molecule has 0 N–H and O–H groups in total. The summed E-state index contributed by atoms with van der Waals surface area (Å²) < 4.78 is 10.0. The van der Waals surface area contributed by atoms with Gasteiger partial charge in [-0.2, -0.15) is 0 Å². The molecule has 1 saturated carbocycles. The van der Waals surface area contributed by atoms with E-state index in [0.717, 1.165) is 25.7 Å². The van der Waals surface area contributed by atoms with Crippen LogP contribution in [0.25, 0.3) is 0 Å². The molecule has 2 nitrogen and oxygen atoms in total. The summed E-state index contributed by atoms with van der Waals surface area (Å²) in [6.07, 6.45) is 10.6. The van der Waals surface area contributed by atoms with Crippen LogP contribution in [0.15, 0.2) is 49.4 Å². The van der Waals surface area contributed by atoms with E-state index in [2.05, 4.69) is 13.2 Å². The fourth-order valence-electron chi connectivity index (χ4n) is 1.42. The van der Waals surface area contributed by atoms with E-state index in [1.54, 1.807) is 12.5 Å². The highest BCUT2D eigenvalue weighted by atomic mass is 16.5. The van der Waals surface area contributed by atoms with E-state index in [1.165, 1.54) is 23.7 Å². The molecule has 1 fully saturated rings. The first-order valence-electron chi connectivity index (χ1n) is 4.75. The number of allylic oxidation sites excluding steroid dienone is 2. The van der Waals surface area contributed by atoms with Gasteiger partial charge in [-0.25, -0.2) is 0 Å². The molecule has 0 saturated heterocycles. The Balaban J connectivity index is 2.37. The molecule has 0 aromatic rings. The topological polar surface area (TPSA) is 18.5 Å². The van der Waals surface area contributed by atoms with Crippen molar-refractivity contribution in [3.05, 3.63) is 49.4 Å². The van der Waals surface area contributed by atoms with E-state index >= 15 is 0 Å². The van der Waals surface area contributed by atoms with E-state index in [0.29, 0.717) is 0 Å². The lowest BCUT2D eigenvalue weighted by Crippen LogP contribution is -1.98. The van der Waals surface area contributed by atoms with Gasteiger partial charge in [-0.1, -0.05) is 13.2 Å². The molecule has 1 rings (SSSR count). The second kappa shape index (κ2) is 6.08. The van der Waals surface area contributed by atoms with Crippen molar-refractivity contribution in [1.29, 1.82) is 0 Å². The molecule has 0 aromatic carbocycles. The first-order valence-corrected chi connectivity index (χ1v) is 4.75. The molecule has 0 aromatic heterocycles. The minimum absolute atomic E-state index is 1.04. The van der Waals surface area contributed by atoms with Gasteiger partial charge in [0.15, 0.2) is 0 Å². The third-order valence-electron chi connectivity index (χ3n) is 2.20. The Labute approximate surface area is 85.2 Å². The summed E-state index contributed by atoms with van der Waals surface area (Å²) in [4.78, 5) is 0. The van der Waals surface area contributed by atoms with Crippen LogP contribution in [0.3, 0.4) is 0 Å². The number of hydrogen-bond acceptors (Lipinski definition) is 2. The molecule has 1 aliphatic rings. The quantitative estimate of drug-likeness (QED) is 0.633. The van der Waals surface area contributed by atoms with Gasteiger partial charge in [0, 0.05) is 0 Å². The summed E-state index contributed by atoms with van der Waals surface area (Å²) in [7, 11) is 0. The Kier molecular flexibility index (Phi) is 4.62. The van der Waals surface area contributed by atoms with Crippen molar-refractivity contribution >= 4 is 0 Å². The van der Waals surface area contributed by atoms with Crippen LogP contribution in [0.5, 0.6) is 0 Å². The zero-order valence-corrected chi connectivity index (χ0v) is 8.37. The van der Waals surface area contributed by atoms with Gasteiger partial charge < -0.3 is 9.47 Å². The van der Waals surface area contributed by atoms with Crippen LogP contribution in [-0.2, 0) is 9.47 Å². The SMILES string of the molecule is C=COC=C1CCC(=COC=C)CC1. The van der Waals surface area contributed by atoms with Crippen LogP contribution in [0, 0.1) is 0 Å². The molecule has 0 atom stereocenters. The number of rotatable bonds is 4. The van der Waals surface area contributed by atoms with Gasteiger partial charge in [-0.05, 0) is 36.8 Å². The molecule has 1 aliphatic carbocycles. The van der Waals surface area contributed by atoms with Crippen LogP contribution < -0.4 is 0 Å². The third-order valence-corrected chi connectivity index (χ3v) is 2.20. The highest BCUT2D eigenvalue weighted by molar-refractivity contribution is 5.13. The summed E-state index contributed by atoms with van der Waals surface area (Å²) in [5, 5.41) is 0. The maximum absolute atomic E-state index is 5.02. The van der Waals surface area contributed by atoms with E-state index < -0.39 is 0 Å². The minimum Gasteiger partial charge on any atom is -0.473 e. The largest absolute Gasteiger partial charge is 0.473 e. The maximum atomic E-state index is 5.02. The molecular weight excluding hydrogens is 176 g/mol. The molecule has 0 unspecified atom stereocenters. The summed E-state index contributed by atoms with van der Waals surface area (Å²) >= 11 is 0. The first-order chi connectivity index (χ1) is 6.86. The molecule has 0 amide bonds. The van der Waals surface area contributed by atoms with Gasteiger partial charge >= 0.3 is 0 Å². The van der Waals surface area contributed by atoms with Crippen molar-refractivity contribution in [3.63, 3.8) is 0 Å². The van der Waals surface area contributed by atoms with Gasteiger partial charge in [-0.3, -0.25) is 0 Å². The monoisotopic (exact) mass is 192 g/mol. The lowest BCUT2D eigenvalue weighted by Gasteiger charge is -2.16. The fraction of sp³-hybridized carbons (Fsp3) is 0.333. The van der Waals surface area contributed by atoms with Crippen LogP contribution in [-0.4, -0.2) is 0 Å². The van der Waals surface area contributed by atoms with E-state index in [-0.39, 0.29) is 0 Å². The molecule has 0 heterocycles. The Morgan fingerprint density at radius 1 is 0.786 bits per heavy atom. The minimum atomic E-state index is 1.04. The average Bonchev–Trinajstić information content (AvgIpc) is 2.25. The van der Waals surface area contributed by atoms with Gasteiger partial charge in [0.25, 0.3) is 0 Å². The zero-order chi connectivity index (χ0) is 10.2. The lowest BCUT2D eigenvalue weighted by atomic mass is 9.92. The highest BCUT2D eigenvalue weighted by Crippen LogP contribution is 2.27. The van der Waals surface area contributed by atoms with Gasteiger partial charge in [0.1, 0.15) is 0 Å². The van der Waals surface area contributed by atoms with Crippen molar-refractivity contribution in [3.8, 4) is 0 Å². The molecule has 0 bridgehead atoms. The lowest BCUT2D eigenvalue weighted by molar-refractivity contribution is 0.385. The van der Waals surface area contributed by atoms with E-state index in [4.69, 9.17) is 9.47 Å². The first kappa shape index (κ1) is 10.6. The van der Waals surface area contributed by atoms with Crippen LogP contribution in [0.1, 0.15) is 25.7 Å². The van der Waals surface area contributed by atoms with Crippen molar-refractivity contribution in [2.24, 2.45) is 0 Å². The van der Waals surface area contributed by atoms with Crippen molar-refractivity contribution in [1.82, 2.24) is 0 Å². The van der Waals surface area contributed by atoms with Crippen LogP contribution in [0.2, 0.25) is 0 Å². The van der Waals surface area contributed by atoms with E-state index in [9.17, 15) is 0 Å². The Morgan fingerprint density at radius 2 is 1.14 bits per heavy atom. The predicted octanol–water partition coefficient (Wildman–Crippen LogP) is 3.65. The van der Waals surface area contributed by atoms with Crippen molar-refractivity contribution < 1.29 is 9.47 Å². The smallest absolute Gasteiger partial charge is 0.0893 e. The van der Waals surface area contributed by atoms with Crippen molar-refractivity contribution in [2.75, 3.05) is 0 Å². The highest BCUT2D eigenvalue weighted by Gasteiger charge is 2.10. The van der Waals surface area contributed by atoms with E-state index in [1.807, 2.05) is 0 Å². The van der Waals surface area contributed by atoms with Crippen LogP contribution >= 0.6 is 0 Å². The zero-order valence-electron chi connectivity index (χ0n) is 8.37. The fourth-order valence-corrected chi connectivity index (χ4v) is 1.42. The predicted molar refractivity (Wildman–Crippen MR) is 57.2 cm³/mol. The summed E-state index contributed by atoms with van der Waals surface area (Å²) in [5.74, 6) is 0. The molecule has 14 heavy (non-hydrogen) atoms. The second-order valence-electron chi connectivity index (χ2n) is 3.16. The van der Waals surface area contributed by atoms with Gasteiger partial charge in [0.05, 0.1) is 25.0 Å². The summed E-state index contributed by atoms with van der Waals surface area (Å²) in [6, 6.07) is 0. The molecule has 76 valence electrons. The number of hydrogen-bond donors (Lipinski definition) is 0. The van der Waals surface area contributed by atoms with Gasteiger partial charge in [0.2, 0.25) is 0 Å². The standard InChI is InChI=1S/C12H16O2/c1-3-13-9-11-5-7-12(8-6-11)10-14-4-2/h3-4,9-10H,1-2,5-8H2. The number of ether oxygens (including phenoxy) is 2. The molecular formula is C12H16O2. The normalized spacial score (nSPS) is 15.7. The average molecular weight is 192 g/mol. The summed E-state index contributed by atoms with van der Waals surface area (Å²) in [6.45, 7) is 6.98.